The number of nitrogens with zero attached hydrogens (tertiary/aromatic N) is 2. The van der Waals surface area contributed by atoms with Crippen molar-refractivity contribution >= 4 is 44.0 Å². The molecule has 1 unspecified atom stereocenters. The van der Waals surface area contributed by atoms with Crippen LogP contribution >= 0.6 is 11.6 Å². The number of benzene rings is 2. The normalized spacial score (nSPS) is 15.7. The molecule has 1 saturated heterocycles. The van der Waals surface area contributed by atoms with Crippen LogP contribution in [0.25, 0.3) is 10.9 Å². The first-order chi connectivity index (χ1) is 16.7. The largest absolute Gasteiger partial charge is 0.486 e. The van der Waals surface area contributed by atoms with Crippen LogP contribution in [0.15, 0.2) is 36.7 Å². The highest BCUT2D eigenvalue weighted by molar-refractivity contribution is 7.88. The quantitative estimate of drug-likeness (QED) is 0.396. The Hall–Kier alpha value is -2.73. The molecular formula is C23H26ClFN4O5S. The first-order valence-corrected chi connectivity index (χ1v) is 13.4. The highest BCUT2D eigenvalue weighted by Crippen LogP contribution is 2.37. The third-order valence-electron chi connectivity index (χ3n) is 5.33. The number of sulfonamides is 1. The van der Waals surface area contributed by atoms with E-state index in [1.54, 1.807) is 25.1 Å². The lowest BCUT2D eigenvalue weighted by Gasteiger charge is -2.26. The molecule has 4 rings (SSSR count). The molecule has 2 N–H and O–H groups in total. The van der Waals surface area contributed by atoms with Gasteiger partial charge >= 0.3 is 0 Å². The summed E-state index contributed by atoms with van der Waals surface area (Å²) < 4.78 is 57.3. The number of aromatic nitrogens is 2. The van der Waals surface area contributed by atoms with Gasteiger partial charge in [-0.3, -0.25) is 0 Å². The summed E-state index contributed by atoms with van der Waals surface area (Å²) in [7, 11) is -3.49. The maximum Gasteiger partial charge on any atom is 0.211 e. The molecule has 0 amide bonds. The predicted molar refractivity (Wildman–Crippen MR) is 131 cm³/mol. The standard InChI is InChI=1S/C23H26ClFN4O5S/c1-3-22(29-35(2,30)31)34-21-12-19-16(11-20(21)33-15-6-8-32-9-7-15)23(27-13-26-19)28-14-4-5-18(25)17(24)10-14/h4-5,10-13,15,22,29H,3,6-9H2,1-2H3,(H,26,27,28). The molecule has 1 aromatic heterocycles. The van der Waals surface area contributed by atoms with E-state index in [1.807, 2.05) is 0 Å². The minimum absolute atomic E-state index is 0.0171. The van der Waals surface area contributed by atoms with Crippen LogP contribution in [0.3, 0.4) is 0 Å². The van der Waals surface area contributed by atoms with Crippen LogP contribution < -0.4 is 19.5 Å². The van der Waals surface area contributed by atoms with E-state index in [2.05, 4.69) is 20.0 Å². The van der Waals surface area contributed by atoms with E-state index in [0.29, 0.717) is 66.4 Å². The molecule has 1 fully saturated rings. The van der Waals surface area contributed by atoms with Crippen molar-refractivity contribution in [2.24, 2.45) is 0 Å². The predicted octanol–water partition coefficient (Wildman–Crippen LogP) is 4.39. The van der Waals surface area contributed by atoms with Gasteiger partial charge in [0.2, 0.25) is 10.0 Å². The molecule has 9 nitrogen and oxygen atoms in total. The number of fused-ring (bicyclic) bond motifs is 1. The lowest BCUT2D eigenvalue weighted by molar-refractivity contribution is 0.0235. The van der Waals surface area contributed by atoms with Gasteiger partial charge in [0.1, 0.15) is 24.1 Å². The monoisotopic (exact) mass is 524 g/mol. The average molecular weight is 525 g/mol. The number of anilines is 2. The van der Waals surface area contributed by atoms with Crippen molar-refractivity contribution < 1.29 is 27.0 Å². The number of hydrogen-bond donors (Lipinski definition) is 2. The van der Waals surface area contributed by atoms with Gasteiger partial charge in [0.15, 0.2) is 17.7 Å². The molecule has 0 bridgehead atoms. The summed E-state index contributed by atoms with van der Waals surface area (Å²) in [6.45, 7) is 2.98. The van der Waals surface area contributed by atoms with E-state index in [4.69, 9.17) is 25.8 Å². The fourth-order valence-electron chi connectivity index (χ4n) is 3.61. The van der Waals surface area contributed by atoms with Crippen molar-refractivity contribution in [3.63, 3.8) is 0 Å². The van der Waals surface area contributed by atoms with E-state index in [0.717, 1.165) is 6.26 Å². The van der Waals surface area contributed by atoms with Crippen molar-refractivity contribution in [1.82, 2.24) is 14.7 Å². The fraction of sp³-hybridized carbons (Fsp3) is 0.391. The zero-order valence-electron chi connectivity index (χ0n) is 19.3. The molecule has 188 valence electrons. The Labute approximate surface area is 208 Å². The van der Waals surface area contributed by atoms with E-state index >= 15 is 0 Å². The third kappa shape index (κ3) is 6.69. The summed E-state index contributed by atoms with van der Waals surface area (Å²) in [5, 5.41) is 3.75. The minimum Gasteiger partial charge on any atom is -0.486 e. The number of halogens is 2. The first kappa shape index (κ1) is 25.4. The lowest BCUT2D eigenvalue weighted by atomic mass is 10.1. The number of ether oxygens (including phenoxy) is 3. The molecule has 2 heterocycles. The van der Waals surface area contributed by atoms with Crippen LogP contribution in [0.5, 0.6) is 11.5 Å². The number of nitrogens with one attached hydrogen (secondary N) is 2. The van der Waals surface area contributed by atoms with Gasteiger partial charge in [-0.25, -0.2) is 22.8 Å². The van der Waals surface area contributed by atoms with Crippen LogP contribution in [-0.4, -0.2) is 50.2 Å². The Bertz CT molecular complexity index is 1300. The van der Waals surface area contributed by atoms with Gasteiger partial charge in [-0.1, -0.05) is 18.5 Å². The molecule has 0 spiro atoms. The fourth-order valence-corrected chi connectivity index (χ4v) is 4.49. The van der Waals surface area contributed by atoms with Crippen molar-refractivity contribution in [2.45, 2.75) is 38.5 Å². The zero-order chi connectivity index (χ0) is 25.0. The maximum atomic E-state index is 13.6. The summed E-state index contributed by atoms with van der Waals surface area (Å²) in [6.07, 6.45) is 3.38. The Kier molecular flexibility index (Phi) is 7.90. The molecule has 0 saturated carbocycles. The van der Waals surface area contributed by atoms with Crippen molar-refractivity contribution in [2.75, 3.05) is 24.8 Å². The van der Waals surface area contributed by atoms with Crippen molar-refractivity contribution in [3.8, 4) is 11.5 Å². The summed E-state index contributed by atoms with van der Waals surface area (Å²) in [4.78, 5) is 8.67. The minimum atomic E-state index is -3.49. The highest BCUT2D eigenvalue weighted by atomic mass is 35.5. The second-order valence-electron chi connectivity index (χ2n) is 8.13. The van der Waals surface area contributed by atoms with Gasteiger partial charge in [-0.05, 0) is 30.7 Å². The van der Waals surface area contributed by atoms with E-state index in [9.17, 15) is 12.8 Å². The van der Waals surface area contributed by atoms with Crippen LogP contribution in [0, 0.1) is 5.82 Å². The molecule has 1 atom stereocenters. The SMILES string of the molecule is CCC(NS(C)(=O)=O)Oc1cc2ncnc(Nc3ccc(F)c(Cl)c3)c2cc1OC1CCOCC1. The highest BCUT2D eigenvalue weighted by Gasteiger charge is 2.22. The Balaban J connectivity index is 1.72. The Morgan fingerprint density at radius 2 is 1.97 bits per heavy atom. The van der Waals surface area contributed by atoms with Crippen LogP contribution in [0.1, 0.15) is 26.2 Å². The van der Waals surface area contributed by atoms with Gasteiger partial charge in [0.25, 0.3) is 0 Å². The second kappa shape index (κ2) is 10.9. The summed E-state index contributed by atoms with van der Waals surface area (Å²) in [5.74, 6) is 0.712. The van der Waals surface area contributed by atoms with E-state index in [-0.39, 0.29) is 11.1 Å². The molecule has 1 aliphatic rings. The molecule has 12 heteroatoms. The van der Waals surface area contributed by atoms with Crippen molar-refractivity contribution in [3.05, 3.63) is 47.5 Å². The second-order valence-corrected chi connectivity index (χ2v) is 10.3. The molecule has 0 aliphatic carbocycles. The summed E-state index contributed by atoms with van der Waals surface area (Å²) in [5.41, 5.74) is 1.09. The number of hydrogen-bond acceptors (Lipinski definition) is 8. The van der Waals surface area contributed by atoms with E-state index < -0.39 is 22.1 Å². The molecule has 35 heavy (non-hydrogen) atoms. The van der Waals surface area contributed by atoms with Gasteiger partial charge in [-0.2, -0.15) is 4.72 Å². The van der Waals surface area contributed by atoms with Crippen LogP contribution in [0.4, 0.5) is 15.9 Å². The van der Waals surface area contributed by atoms with Gasteiger partial charge in [0.05, 0.1) is 30.0 Å². The third-order valence-corrected chi connectivity index (χ3v) is 6.31. The van der Waals surface area contributed by atoms with Gasteiger partial charge in [-0.15, -0.1) is 0 Å². The topological polar surface area (TPSA) is 112 Å². The van der Waals surface area contributed by atoms with Gasteiger partial charge in [0, 0.05) is 30.0 Å². The van der Waals surface area contributed by atoms with Crippen LogP contribution in [0.2, 0.25) is 5.02 Å². The Morgan fingerprint density at radius 1 is 1.20 bits per heavy atom. The number of rotatable bonds is 9. The average Bonchev–Trinajstić information content (AvgIpc) is 2.81. The first-order valence-electron chi connectivity index (χ1n) is 11.1. The van der Waals surface area contributed by atoms with Crippen molar-refractivity contribution in [1.29, 1.82) is 0 Å². The molecule has 1 aliphatic heterocycles. The molecule has 0 radical (unpaired) electrons. The smallest absolute Gasteiger partial charge is 0.211 e. The summed E-state index contributed by atoms with van der Waals surface area (Å²) >= 11 is 5.92. The summed E-state index contributed by atoms with van der Waals surface area (Å²) in [6, 6.07) is 7.71. The lowest BCUT2D eigenvalue weighted by Crippen LogP contribution is -2.38. The molecular weight excluding hydrogens is 499 g/mol. The maximum absolute atomic E-state index is 13.6. The molecule has 3 aromatic rings. The molecule has 2 aromatic carbocycles. The van der Waals surface area contributed by atoms with Crippen LogP contribution in [-0.2, 0) is 14.8 Å². The van der Waals surface area contributed by atoms with Gasteiger partial charge < -0.3 is 19.5 Å². The Morgan fingerprint density at radius 3 is 2.66 bits per heavy atom. The zero-order valence-corrected chi connectivity index (χ0v) is 20.8. The van der Waals surface area contributed by atoms with E-state index in [1.165, 1.54) is 18.5 Å².